The van der Waals surface area contributed by atoms with Gasteiger partial charge in [0.05, 0.1) is 6.61 Å². The van der Waals surface area contributed by atoms with Gasteiger partial charge in [-0.05, 0) is 45.2 Å². The zero-order chi connectivity index (χ0) is 17.3. The van der Waals surface area contributed by atoms with Crippen molar-refractivity contribution in [2.45, 2.75) is 64.1 Å². The van der Waals surface area contributed by atoms with E-state index in [1.807, 2.05) is 13.0 Å². The average Bonchev–Trinajstić information content (AvgIpc) is 2.52. The predicted octanol–water partition coefficient (Wildman–Crippen LogP) is 3.00. The summed E-state index contributed by atoms with van der Waals surface area (Å²) in [7, 11) is 0. The smallest absolute Gasteiger partial charge is 0.167 e. The van der Waals surface area contributed by atoms with E-state index in [0.29, 0.717) is 12.1 Å². The number of ether oxygens (including phenoxy) is 1. The third-order valence-corrected chi connectivity index (χ3v) is 5.15. The van der Waals surface area contributed by atoms with Gasteiger partial charge >= 0.3 is 0 Å². The Hall–Kier alpha value is -1.33. The molecule has 0 radical (unpaired) electrons. The van der Waals surface area contributed by atoms with E-state index in [0.717, 1.165) is 24.2 Å². The number of fused-ring (bicyclic) bond motifs is 1. The number of halogens is 1. The van der Waals surface area contributed by atoms with Gasteiger partial charge in [-0.2, -0.15) is 0 Å². The number of anilines is 1. The Morgan fingerprint density at radius 1 is 1.33 bits per heavy atom. The van der Waals surface area contributed by atoms with Gasteiger partial charge in [0.2, 0.25) is 0 Å². The van der Waals surface area contributed by atoms with Gasteiger partial charge in [0.1, 0.15) is 6.61 Å². The number of hydrogen-bond acceptors (Lipinski definition) is 4. The molecule has 0 amide bonds. The average molecular weight is 336 g/mol. The molecule has 1 saturated heterocycles. The maximum Gasteiger partial charge on any atom is 0.167 e. The highest BCUT2D eigenvalue weighted by Crippen LogP contribution is 2.36. The van der Waals surface area contributed by atoms with Gasteiger partial charge < -0.3 is 20.1 Å². The molecule has 2 N–H and O–H groups in total. The van der Waals surface area contributed by atoms with Gasteiger partial charge in [0.25, 0.3) is 0 Å². The number of nitrogens with one attached hydrogen (secondary N) is 1. The van der Waals surface area contributed by atoms with Crippen LogP contribution in [0.1, 0.15) is 45.1 Å². The monoisotopic (exact) mass is 336 g/mol. The van der Waals surface area contributed by atoms with Crippen molar-refractivity contribution >= 4 is 5.69 Å². The quantitative estimate of drug-likeness (QED) is 0.887. The lowest BCUT2D eigenvalue weighted by Crippen LogP contribution is -2.67. The minimum Gasteiger partial charge on any atom is -0.488 e. The molecule has 0 unspecified atom stereocenters. The molecule has 0 aromatic heterocycles. The number of aryl methyl sites for hydroxylation is 1. The summed E-state index contributed by atoms with van der Waals surface area (Å²) >= 11 is 0. The van der Waals surface area contributed by atoms with Gasteiger partial charge in [0, 0.05) is 35.9 Å². The van der Waals surface area contributed by atoms with Crippen molar-refractivity contribution in [2.24, 2.45) is 0 Å². The van der Waals surface area contributed by atoms with Crippen molar-refractivity contribution in [3.8, 4) is 5.75 Å². The Morgan fingerprint density at radius 3 is 2.79 bits per heavy atom. The van der Waals surface area contributed by atoms with Crippen molar-refractivity contribution in [2.75, 3.05) is 24.7 Å². The lowest BCUT2D eigenvalue weighted by Gasteiger charge is -2.52. The van der Waals surface area contributed by atoms with Crippen molar-refractivity contribution in [3.63, 3.8) is 0 Å². The van der Waals surface area contributed by atoms with Gasteiger partial charge in [-0.25, -0.2) is 4.39 Å². The largest absolute Gasteiger partial charge is 0.488 e. The number of aliphatic hydroxyl groups excluding tert-OH is 1. The third kappa shape index (κ3) is 3.52. The number of aliphatic hydroxyl groups is 1. The Bertz CT molecular complexity index is 568. The second-order valence-electron chi connectivity index (χ2n) is 7.76. The fraction of sp³-hybridized carbons (Fsp3) is 0.684. The summed E-state index contributed by atoms with van der Waals surface area (Å²) in [6.07, 6.45) is 4.83. The molecule has 1 aliphatic carbocycles. The number of hydrogen-bond donors (Lipinski definition) is 2. The summed E-state index contributed by atoms with van der Waals surface area (Å²) in [6.45, 7) is 7.16. The first-order valence-electron chi connectivity index (χ1n) is 8.99. The van der Waals surface area contributed by atoms with Crippen LogP contribution in [0, 0.1) is 12.7 Å². The Morgan fingerprint density at radius 2 is 2.08 bits per heavy atom. The Kier molecular flexibility index (Phi) is 5.02. The molecule has 24 heavy (non-hydrogen) atoms. The first-order chi connectivity index (χ1) is 11.4. The standard InChI is InChI=1S/C19H29FN2O2/c1-13-10-14(11-15(20)18(13)24-9-8-23)22-12-19(2,3)21-16-6-4-5-7-17(16)22/h10-11,16-17,21,23H,4-9,12H2,1-3H3/t16-,17-/m1/s1. The van der Waals surface area contributed by atoms with Crippen molar-refractivity contribution < 1.29 is 14.2 Å². The van der Waals surface area contributed by atoms with Gasteiger partial charge in [-0.1, -0.05) is 12.8 Å². The molecule has 1 aromatic carbocycles. The number of benzene rings is 1. The Balaban J connectivity index is 1.91. The van der Waals surface area contributed by atoms with Crippen LogP contribution in [-0.4, -0.2) is 42.5 Å². The van der Waals surface area contributed by atoms with E-state index in [-0.39, 0.29) is 30.3 Å². The Labute approximate surface area is 144 Å². The van der Waals surface area contributed by atoms with Crippen LogP contribution in [0.3, 0.4) is 0 Å². The topological polar surface area (TPSA) is 44.7 Å². The fourth-order valence-electron chi connectivity index (χ4n) is 4.24. The van der Waals surface area contributed by atoms with Crippen LogP contribution in [0.25, 0.3) is 0 Å². The predicted molar refractivity (Wildman–Crippen MR) is 94.3 cm³/mol. The highest BCUT2D eigenvalue weighted by atomic mass is 19.1. The highest BCUT2D eigenvalue weighted by Gasteiger charge is 2.40. The molecule has 2 atom stereocenters. The molecule has 1 aromatic rings. The summed E-state index contributed by atoms with van der Waals surface area (Å²) in [4.78, 5) is 2.38. The van der Waals surface area contributed by atoms with Crippen LogP contribution in [0.2, 0.25) is 0 Å². The van der Waals surface area contributed by atoms with E-state index in [9.17, 15) is 4.39 Å². The first-order valence-corrected chi connectivity index (χ1v) is 8.99. The van der Waals surface area contributed by atoms with Crippen LogP contribution >= 0.6 is 0 Å². The molecule has 2 fully saturated rings. The lowest BCUT2D eigenvalue weighted by molar-refractivity contribution is 0.194. The minimum absolute atomic E-state index is 0.00888. The number of nitrogens with zero attached hydrogens (tertiary/aromatic N) is 1. The zero-order valence-corrected chi connectivity index (χ0v) is 14.9. The normalized spacial score (nSPS) is 26.1. The van der Waals surface area contributed by atoms with Crippen LogP contribution in [-0.2, 0) is 0 Å². The van der Waals surface area contributed by atoms with E-state index < -0.39 is 0 Å². The van der Waals surface area contributed by atoms with Crippen molar-refractivity contribution in [1.29, 1.82) is 0 Å². The number of piperazine rings is 1. The second-order valence-corrected chi connectivity index (χ2v) is 7.76. The van der Waals surface area contributed by atoms with Crippen LogP contribution in [0.4, 0.5) is 10.1 Å². The van der Waals surface area contributed by atoms with Crippen LogP contribution < -0.4 is 15.0 Å². The van der Waals surface area contributed by atoms with E-state index in [2.05, 4.69) is 24.1 Å². The van der Waals surface area contributed by atoms with E-state index in [4.69, 9.17) is 9.84 Å². The summed E-state index contributed by atoms with van der Waals surface area (Å²) in [5.74, 6) is -0.0930. The fourth-order valence-corrected chi connectivity index (χ4v) is 4.24. The molecule has 0 spiro atoms. The van der Waals surface area contributed by atoms with Crippen molar-refractivity contribution in [1.82, 2.24) is 5.32 Å². The van der Waals surface area contributed by atoms with Crippen LogP contribution in [0.15, 0.2) is 12.1 Å². The maximum atomic E-state index is 14.6. The van der Waals surface area contributed by atoms with Crippen LogP contribution in [0.5, 0.6) is 5.75 Å². The molecule has 134 valence electrons. The molecule has 4 nitrogen and oxygen atoms in total. The SMILES string of the molecule is Cc1cc(N2CC(C)(C)N[C@@H]3CCCC[C@H]32)cc(F)c1OCCO. The molecule has 0 bridgehead atoms. The molecular formula is C19H29FN2O2. The summed E-state index contributed by atoms with van der Waals surface area (Å²) in [5.41, 5.74) is 1.73. The summed E-state index contributed by atoms with van der Waals surface area (Å²) in [6, 6.07) is 4.50. The molecule has 3 rings (SSSR count). The van der Waals surface area contributed by atoms with Crippen molar-refractivity contribution in [3.05, 3.63) is 23.5 Å². The minimum atomic E-state index is -0.345. The second kappa shape index (κ2) is 6.89. The van der Waals surface area contributed by atoms with E-state index in [1.54, 1.807) is 6.07 Å². The van der Waals surface area contributed by atoms with Gasteiger partial charge in [-0.3, -0.25) is 0 Å². The molecule has 1 saturated carbocycles. The molecular weight excluding hydrogens is 307 g/mol. The molecule has 1 aliphatic heterocycles. The highest BCUT2D eigenvalue weighted by molar-refractivity contribution is 5.55. The van der Waals surface area contributed by atoms with E-state index >= 15 is 0 Å². The molecule has 5 heteroatoms. The van der Waals surface area contributed by atoms with Gasteiger partial charge in [-0.15, -0.1) is 0 Å². The summed E-state index contributed by atoms with van der Waals surface area (Å²) in [5, 5.41) is 12.7. The molecule has 1 heterocycles. The summed E-state index contributed by atoms with van der Waals surface area (Å²) < 4.78 is 19.9. The maximum absolute atomic E-state index is 14.6. The van der Waals surface area contributed by atoms with E-state index in [1.165, 1.54) is 19.3 Å². The number of rotatable bonds is 4. The first kappa shape index (κ1) is 17.5. The van der Waals surface area contributed by atoms with Gasteiger partial charge in [0.15, 0.2) is 11.6 Å². The molecule has 2 aliphatic rings. The third-order valence-electron chi connectivity index (χ3n) is 5.15. The zero-order valence-electron chi connectivity index (χ0n) is 14.9. The lowest BCUT2D eigenvalue weighted by atomic mass is 9.83.